The van der Waals surface area contributed by atoms with E-state index in [4.69, 9.17) is 0 Å². The molecule has 1 aromatic heterocycles. The molecule has 0 atom stereocenters. The van der Waals surface area contributed by atoms with Crippen molar-refractivity contribution in [2.24, 2.45) is 5.41 Å². The molecule has 0 saturated carbocycles. The summed E-state index contributed by atoms with van der Waals surface area (Å²) in [7, 11) is -9.18. The average Bonchev–Trinajstić information content (AvgIpc) is 2.79. The minimum Gasteiger partial charge on any atom is -0.282 e. The Balaban J connectivity index is 2.56. The molecule has 142 valence electrons. The second kappa shape index (κ2) is 5.66. The molecule has 2 aromatic rings. The van der Waals surface area contributed by atoms with E-state index in [1.807, 2.05) is 27.7 Å². The number of allylic oxidation sites excluding steroid dienone is 2. The van der Waals surface area contributed by atoms with Crippen LogP contribution in [-0.4, -0.2) is 29.9 Å². The summed E-state index contributed by atoms with van der Waals surface area (Å²) >= 11 is 0. The zero-order valence-corrected chi connectivity index (χ0v) is 16.6. The van der Waals surface area contributed by atoms with Gasteiger partial charge in [-0.25, -0.2) is 3.97 Å². The van der Waals surface area contributed by atoms with Gasteiger partial charge < -0.3 is 0 Å². The minimum atomic E-state index is -4.67. The quantitative estimate of drug-likeness (QED) is 0.766. The largest absolute Gasteiger partial charge is 0.364 e. The summed E-state index contributed by atoms with van der Waals surface area (Å²) in [6.07, 6.45) is 1.03. The van der Waals surface area contributed by atoms with Gasteiger partial charge in [-0.1, -0.05) is 32.4 Å². The third-order valence-corrected chi connectivity index (χ3v) is 6.98. The van der Waals surface area contributed by atoms with Crippen molar-refractivity contribution in [1.29, 1.82) is 0 Å². The van der Waals surface area contributed by atoms with Gasteiger partial charge in [0.2, 0.25) is 0 Å². The molecule has 9 heteroatoms. The molecular formula is C17H21NO6S2. The zero-order valence-electron chi connectivity index (χ0n) is 14.9. The summed E-state index contributed by atoms with van der Waals surface area (Å²) in [5, 5.41) is 0.525. The van der Waals surface area contributed by atoms with Crippen LogP contribution < -0.4 is 0 Å². The van der Waals surface area contributed by atoms with Crippen LogP contribution in [-0.2, 0) is 26.8 Å². The number of benzene rings is 1. The fraction of sp³-hybridized carbons (Fsp3) is 0.412. The molecule has 0 unspecified atom stereocenters. The molecule has 3 rings (SSSR count). The highest BCUT2D eigenvalue weighted by atomic mass is 32.2. The normalized spacial score (nSPS) is 17.6. The molecule has 0 radical (unpaired) electrons. The highest BCUT2D eigenvalue weighted by Crippen LogP contribution is 2.47. The summed E-state index contributed by atoms with van der Waals surface area (Å²) in [5.41, 5.74) is 2.94. The SMILES string of the molecule is CCC1=C(C)C(C)(C)Cc2c1c1ccc(S(=O)(=O)O)cc1n2S(=O)(=O)O. The van der Waals surface area contributed by atoms with E-state index in [-0.39, 0.29) is 10.9 Å². The van der Waals surface area contributed by atoms with Gasteiger partial charge in [-0.05, 0) is 42.9 Å². The average molecular weight is 399 g/mol. The van der Waals surface area contributed by atoms with Gasteiger partial charge in [0.15, 0.2) is 0 Å². The molecule has 0 fully saturated rings. The van der Waals surface area contributed by atoms with Crippen LogP contribution >= 0.6 is 0 Å². The van der Waals surface area contributed by atoms with Crippen molar-refractivity contribution in [2.75, 3.05) is 0 Å². The van der Waals surface area contributed by atoms with Crippen LogP contribution in [0.5, 0.6) is 0 Å². The standard InChI is InChI=1S/C17H21NO6S2/c1-5-12-10(2)17(3,4)9-15-16(12)13-7-6-11(25(19,20)21)8-14(13)18(15)26(22,23)24/h6-8H,5,9H2,1-4H3,(H,19,20,21)(H,22,23,24). The van der Waals surface area contributed by atoms with Gasteiger partial charge in [0.05, 0.1) is 10.4 Å². The van der Waals surface area contributed by atoms with Crippen LogP contribution in [0.1, 0.15) is 45.4 Å². The van der Waals surface area contributed by atoms with Crippen molar-refractivity contribution in [2.45, 2.75) is 45.4 Å². The lowest BCUT2D eigenvalue weighted by molar-refractivity contribution is 0.424. The lowest BCUT2D eigenvalue weighted by atomic mass is 9.72. The molecule has 2 N–H and O–H groups in total. The minimum absolute atomic E-state index is 0.0316. The first-order chi connectivity index (χ1) is 11.8. The topological polar surface area (TPSA) is 114 Å². The third-order valence-electron chi connectivity index (χ3n) is 5.25. The monoisotopic (exact) mass is 399 g/mol. The van der Waals surface area contributed by atoms with Crippen LogP contribution in [0.3, 0.4) is 0 Å². The maximum absolute atomic E-state index is 12.1. The molecule has 1 aliphatic carbocycles. The van der Waals surface area contributed by atoms with Crippen LogP contribution in [0.2, 0.25) is 0 Å². The van der Waals surface area contributed by atoms with E-state index < -0.39 is 25.3 Å². The van der Waals surface area contributed by atoms with E-state index in [9.17, 15) is 25.9 Å². The van der Waals surface area contributed by atoms with Gasteiger partial charge in [0.1, 0.15) is 0 Å². The van der Waals surface area contributed by atoms with Crippen LogP contribution in [0.4, 0.5) is 0 Å². The summed E-state index contributed by atoms with van der Waals surface area (Å²) in [4.78, 5) is -0.428. The maximum atomic E-state index is 12.1. The number of fused-ring (bicyclic) bond motifs is 3. The lowest BCUT2D eigenvalue weighted by Crippen LogP contribution is -2.26. The second-order valence-corrected chi connectivity index (χ2v) is 9.92. The number of hydrogen-bond acceptors (Lipinski definition) is 4. The summed E-state index contributed by atoms with van der Waals surface area (Å²) in [5.74, 6) is 0. The van der Waals surface area contributed by atoms with Crippen LogP contribution in [0.15, 0.2) is 28.7 Å². The molecular weight excluding hydrogens is 378 g/mol. The molecule has 1 aliphatic rings. The van der Waals surface area contributed by atoms with Crippen molar-refractivity contribution in [3.8, 4) is 0 Å². The molecule has 1 heterocycles. The number of nitrogens with zero attached hydrogens (tertiary/aromatic N) is 1. The first kappa shape index (κ1) is 19.1. The van der Waals surface area contributed by atoms with Gasteiger partial charge >= 0.3 is 10.3 Å². The van der Waals surface area contributed by atoms with E-state index in [1.165, 1.54) is 12.1 Å². The Bertz CT molecular complexity index is 1170. The van der Waals surface area contributed by atoms with E-state index in [0.29, 0.717) is 29.5 Å². The summed E-state index contributed by atoms with van der Waals surface area (Å²) < 4.78 is 67.1. The van der Waals surface area contributed by atoms with Crippen molar-refractivity contribution >= 4 is 36.9 Å². The highest BCUT2D eigenvalue weighted by Gasteiger charge is 2.36. The van der Waals surface area contributed by atoms with Crippen molar-refractivity contribution in [3.05, 3.63) is 35.0 Å². The molecule has 1 aromatic carbocycles. The van der Waals surface area contributed by atoms with Crippen LogP contribution in [0, 0.1) is 5.41 Å². The van der Waals surface area contributed by atoms with Gasteiger partial charge in [-0.2, -0.15) is 16.8 Å². The predicted octanol–water partition coefficient (Wildman–Crippen LogP) is 3.30. The molecule has 0 amide bonds. The van der Waals surface area contributed by atoms with Gasteiger partial charge in [0, 0.05) is 16.6 Å². The van der Waals surface area contributed by atoms with E-state index in [0.717, 1.165) is 21.2 Å². The van der Waals surface area contributed by atoms with Crippen molar-refractivity contribution in [3.63, 3.8) is 0 Å². The molecule has 0 saturated heterocycles. The predicted molar refractivity (Wildman–Crippen MR) is 99.1 cm³/mol. The third kappa shape index (κ3) is 2.79. The number of rotatable bonds is 3. The van der Waals surface area contributed by atoms with Gasteiger partial charge in [0.25, 0.3) is 10.1 Å². The maximum Gasteiger partial charge on any atom is 0.364 e. The molecule has 0 spiro atoms. The van der Waals surface area contributed by atoms with Crippen molar-refractivity contribution < 1.29 is 25.9 Å². The van der Waals surface area contributed by atoms with E-state index in [2.05, 4.69) is 0 Å². The Morgan fingerprint density at radius 2 is 1.77 bits per heavy atom. The first-order valence-corrected chi connectivity index (χ1v) is 11.0. The smallest absolute Gasteiger partial charge is 0.282 e. The second-order valence-electron chi connectivity index (χ2n) is 7.24. The molecule has 26 heavy (non-hydrogen) atoms. The lowest BCUT2D eigenvalue weighted by Gasteiger charge is -2.34. The first-order valence-electron chi connectivity index (χ1n) is 8.12. The molecule has 0 aliphatic heterocycles. The highest BCUT2D eigenvalue weighted by molar-refractivity contribution is 7.86. The van der Waals surface area contributed by atoms with Gasteiger partial charge in [-0.3, -0.25) is 9.11 Å². The van der Waals surface area contributed by atoms with Crippen LogP contribution in [0.25, 0.3) is 16.5 Å². The van der Waals surface area contributed by atoms with E-state index >= 15 is 0 Å². The number of hydrogen-bond donors (Lipinski definition) is 2. The fourth-order valence-corrected chi connectivity index (χ4v) is 5.14. The molecule has 0 bridgehead atoms. The number of aromatic nitrogens is 1. The summed E-state index contributed by atoms with van der Waals surface area (Å²) in [6, 6.07) is 3.78. The Morgan fingerprint density at radius 1 is 1.15 bits per heavy atom. The molecule has 7 nitrogen and oxygen atoms in total. The Kier molecular flexibility index (Phi) is 4.15. The Labute approximate surface area is 153 Å². The van der Waals surface area contributed by atoms with Gasteiger partial charge in [-0.15, -0.1) is 0 Å². The fourth-order valence-electron chi connectivity index (χ4n) is 3.80. The Morgan fingerprint density at radius 3 is 2.27 bits per heavy atom. The Hall–Kier alpha value is -1.68. The van der Waals surface area contributed by atoms with E-state index in [1.54, 1.807) is 0 Å². The van der Waals surface area contributed by atoms with Crippen molar-refractivity contribution in [1.82, 2.24) is 3.97 Å². The zero-order chi connectivity index (χ0) is 19.7. The summed E-state index contributed by atoms with van der Waals surface area (Å²) in [6.45, 7) is 7.96.